The SMILES string of the molecule is COC(=O)[C@H](CNC(=O)C(=O)Nc1ccc(OCCN(C)C)nc1)NC(=O)c1ccc(Nc2nc(NC3(c4ccc(Cl)cc4)CC3)nc(OCC(F)(F)F)n2)cc1. The number of pyridine rings is 1. The number of nitrogens with zero attached hydrogens (tertiary/aromatic N) is 5. The first kappa shape index (κ1) is 41.9. The summed E-state index contributed by atoms with van der Waals surface area (Å²) in [7, 11) is 4.88. The van der Waals surface area contributed by atoms with Crippen molar-refractivity contribution in [3.05, 3.63) is 83.0 Å². The topological polar surface area (TPSA) is 211 Å². The molecule has 5 rings (SSSR count). The molecule has 0 unspecified atom stereocenters. The summed E-state index contributed by atoms with van der Waals surface area (Å²) >= 11 is 6.03. The third-order valence-electron chi connectivity index (χ3n) is 8.13. The van der Waals surface area contributed by atoms with Crippen LogP contribution in [-0.4, -0.2) is 108 Å². The van der Waals surface area contributed by atoms with Gasteiger partial charge in [-0.25, -0.2) is 9.78 Å². The van der Waals surface area contributed by atoms with Gasteiger partial charge in [0.2, 0.25) is 17.8 Å². The van der Waals surface area contributed by atoms with E-state index in [1.54, 1.807) is 12.1 Å². The molecular weight excluding hydrogens is 777 g/mol. The molecule has 0 aliphatic heterocycles. The number of likely N-dealkylation sites (N-methyl/N-ethyl adjacent to an activating group) is 1. The highest BCUT2D eigenvalue weighted by Crippen LogP contribution is 2.48. The number of amides is 3. The summed E-state index contributed by atoms with van der Waals surface area (Å²) in [5.74, 6) is -3.65. The second-order valence-electron chi connectivity index (χ2n) is 12.8. The average Bonchev–Trinajstić information content (AvgIpc) is 3.96. The third-order valence-corrected chi connectivity index (χ3v) is 8.38. The normalized spacial score (nSPS) is 13.5. The molecule has 1 aliphatic rings. The number of hydrogen-bond donors (Lipinski definition) is 5. The predicted molar refractivity (Wildman–Crippen MR) is 200 cm³/mol. The summed E-state index contributed by atoms with van der Waals surface area (Å²) in [6, 6.07) is 13.8. The van der Waals surface area contributed by atoms with Crippen LogP contribution in [0.5, 0.6) is 11.9 Å². The van der Waals surface area contributed by atoms with Crippen molar-refractivity contribution in [3.8, 4) is 11.9 Å². The molecule has 0 saturated heterocycles. The fraction of sp³-hybridized carbons (Fsp3) is 0.333. The first-order chi connectivity index (χ1) is 27.1. The Labute approximate surface area is 329 Å². The lowest BCUT2D eigenvalue weighted by Gasteiger charge is -2.19. The van der Waals surface area contributed by atoms with Crippen molar-refractivity contribution < 1.29 is 46.6 Å². The largest absolute Gasteiger partial charge is 0.476 e. The van der Waals surface area contributed by atoms with Gasteiger partial charge in [-0.2, -0.15) is 28.1 Å². The Balaban J connectivity index is 1.19. The molecule has 3 amide bonds. The molecule has 302 valence electrons. The van der Waals surface area contributed by atoms with Gasteiger partial charge in [0, 0.05) is 35.4 Å². The molecule has 2 aromatic heterocycles. The molecule has 0 bridgehead atoms. The Morgan fingerprint density at radius 2 is 1.58 bits per heavy atom. The second-order valence-corrected chi connectivity index (χ2v) is 13.3. The van der Waals surface area contributed by atoms with Gasteiger partial charge in [0.15, 0.2) is 6.61 Å². The number of benzene rings is 2. The Hall–Kier alpha value is -6.28. The number of ether oxygens (including phenoxy) is 3. The molecule has 1 saturated carbocycles. The van der Waals surface area contributed by atoms with Crippen LogP contribution in [-0.2, 0) is 24.7 Å². The number of alkyl halides is 3. The quantitative estimate of drug-likeness (QED) is 0.0761. The maximum absolute atomic E-state index is 13.1. The molecule has 5 N–H and O–H groups in total. The zero-order valence-electron chi connectivity index (χ0n) is 30.8. The lowest BCUT2D eigenvalue weighted by atomic mass is 10.1. The highest BCUT2D eigenvalue weighted by Gasteiger charge is 2.45. The van der Waals surface area contributed by atoms with Gasteiger partial charge >= 0.3 is 30.0 Å². The lowest BCUT2D eigenvalue weighted by Crippen LogP contribution is -2.50. The van der Waals surface area contributed by atoms with Crippen LogP contribution < -0.4 is 36.1 Å². The van der Waals surface area contributed by atoms with Crippen molar-refractivity contribution in [3.63, 3.8) is 0 Å². The zero-order valence-corrected chi connectivity index (χ0v) is 31.5. The number of nitrogens with one attached hydrogen (secondary N) is 5. The Kier molecular flexibility index (Phi) is 13.6. The van der Waals surface area contributed by atoms with Crippen molar-refractivity contribution >= 4 is 58.6 Å². The van der Waals surface area contributed by atoms with Gasteiger partial charge in [0.25, 0.3) is 5.91 Å². The van der Waals surface area contributed by atoms with Crippen LogP contribution in [0.15, 0.2) is 66.9 Å². The van der Waals surface area contributed by atoms with E-state index in [1.165, 1.54) is 42.6 Å². The summed E-state index contributed by atoms with van der Waals surface area (Å²) in [5.41, 5.74) is 0.936. The standard InChI is InChI=1S/C36H38ClF3N10O7/c1-50(2)16-17-56-27-13-12-25(18-41-27)43-30(53)29(52)42-19-26(31(54)55-3)45-28(51)21-4-10-24(11-5-21)44-32-46-33(48-34(47-32)57-20-36(38,39)40)49-35(14-15-35)22-6-8-23(37)9-7-22/h4-13,18,26H,14-17,19-20H2,1-3H3,(H,42,52)(H,43,53)(H,45,51)(H2,44,46,47,48,49)/t26-/m0/s1. The van der Waals surface area contributed by atoms with Crippen LogP contribution in [0.2, 0.25) is 5.02 Å². The number of halogens is 4. The monoisotopic (exact) mass is 814 g/mol. The number of aromatic nitrogens is 4. The summed E-state index contributed by atoms with van der Waals surface area (Å²) in [6.45, 7) is -1.05. The molecule has 4 aromatic rings. The van der Waals surface area contributed by atoms with Gasteiger partial charge in [0.1, 0.15) is 12.6 Å². The van der Waals surface area contributed by atoms with E-state index in [2.05, 4.69) is 46.5 Å². The molecule has 2 aromatic carbocycles. The van der Waals surface area contributed by atoms with Crippen LogP contribution in [0.4, 0.5) is 36.4 Å². The van der Waals surface area contributed by atoms with Gasteiger partial charge in [-0.05, 0) is 75.0 Å². The van der Waals surface area contributed by atoms with Gasteiger partial charge < -0.3 is 45.7 Å². The Bertz CT molecular complexity index is 2040. The van der Waals surface area contributed by atoms with Crippen LogP contribution >= 0.6 is 11.6 Å². The number of rotatable bonds is 17. The first-order valence-electron chi connectivity index (χ1n) is 17.2. The summed E-state index contributed by atoms with van der Waals surface area (Å²) in [4.78, 5) is 68.9. The number of anilines is 4. The van der Waals surface area contributed by atoms with Gasteiger partial charge in [0.05, 0.1) is 24.5 Å². The summed E-state index contributed by atoms with van der Waals surface area (Å²) in [6.07, 6.45) is -1.94. The zero-order chi connectivity index (χ0) is 41.2. The van der Waals surface area contributed by atoms with Crippen molar-refractivity contribution in [1.29, 1.82) is 0 Å². The maximum atomic E-state index is 13.1. The van der Waals surface area contributed by atoms with E-state index in [-0.39, 0.29) is 23.1 Å². The van der Waals surface area contributed by atoms with Gasteiger partial charge in [-0.15, -0.1) is 0 Å². The molecular formula is C36H38ClF3N10O7. The smallest absolute Gasteiger partial charge is 0.422 e. The molecule has 0 spiro atoms. The predicted octanol–water partition coefficient (Wildman–Crippen LogP) is 3.67. The van der Waals surface area contributed by atoms with Gasteiger partial charge in [-0.3, -0.25) is 14.4 Å². The molecule has 2 heterocycles. The van der Waals surface area contributed by atoms with Crippen molar-refractivity contribution in [2.24, 2.45) is 0 Å². The lowest BCUT2D eigenvalue weighted by molar-refractivity contribution is -0.154. The highest BCUT2D eigenvalue weighted by atomic mass is 35.5. The van der Waals surface area contributed by atoms with Crippen LogP contribution in [0.25, 0.3) is 0 Å². The van der Waals surface area contributed by atoms with E-state index in [4.69, 9.17) is 25.8 Å². The maximum Gasteiger partial charge on any atom is 0.422 e. The number of hydrogen-bond acceptors (Lipinski definition) is 14. The Morgan fingerprint density at radius 3 is 2.19 bits per heavy atom. The fourth-order valence-corrected chi connectivity index (χ4v) is 5.15. The van der Waals surface area contributed by atoms with E-state index >= 15 is 0 Å². The van der Waals surface area contributed by atoms with Crippen LogP contribution in [0, 0.1) is 0 Å². The number of esters is 1. The number of methoxy groups -OCH3 is 1. The highest BCUT2D eigenvalue weighted by molar-refractivity contribution is 6.39. The minimum Gasteiger partial charge on any atom is -0.476 e. The molecule has 57 heavy (non-hydrogen) atoms. The Morgan fingerprint density at radius 1 is 0.895 bits per heavy atom. The first-order valence-corrected chi connectivity index (χ1v) is 17.6. The van der Waals surface area contributed by atoms with E-state index in [1.807, 2.05) is 31.1 Å². The molecule has 21 heteroatoms. The summed E-state index contributed by atoms with van der Waals surface area (Å²) < 4.78 is 54.0. The van der Waals surface area contributed by atoms with E-state index in [0.717, 1.165) is 12.7 Å². The van der Waals surface area contributed by atoms with Crippen molar-refractivity contribution in [2.45, 2.75) is 30.6 Å². The minimum absolute atomic E-state index is 0.0426. The van der Waals surface area contributed by atoms with E-state index in [0.29, 0.717) is 42.6 Å². The van der Waals surface area contributed by atoms with Crippen LogP contribution in [0.1, 0.15) is 28.8 Å². The third kappa shape index (κ3) is 12.6. The number of carbonyl (C=O) groups excluding carboxylic acids is 4. The summed E-state index contributed by atoms with van der Waals surface area (Å²) in [5, 5.41) is 13.7. The number of carbonyl (C=O) groups is 4. The molecule has 1 aliphatic carbocycles. The van der Waals surface area contributed by atoms with Crippen LogP contribution in [0.3, 0.4) is 0 Å². The van der Waals surface area contributed by atoms with Gasteiger partial charge in [-0.1, -0.05) is 23.7 Å². The second kappa shape index (κ2) is 18.6. The minimum atomic E-state index is -4.65. The van der Waals surface area contributed by atoms with Crippen molar-refractivity contribution in [1.82, 2.24) is 35.5 Å². The van der Waals surface area contributed by atoms with E-state index < -0.39 is 60.6 Å². The molecule has 1 fully saturated rings. The molecule has 1 atom stereocenters. The fourth-order valence-electron chi connectivity index (χ4n) is 5.02. The molecule has 17 nitrogen and oxygen atoms in total. The van der Waals surface area contributed by atoms with E-state index in [9.17, 15) is 32.3 Å². The molecule has 0 radical (unpaired) electrons. The van der Waals surface area contributed by atoms with Crippen molar-refractivity contribution in [2.75, 3.05) is 63.5 Å². The average molecular weight is 815 g/mol.